The molecule has 7 heteroatoms. The number of nitrogens with zero attached hydrogens (tertiary/aromatic N) is 2. The number of thiophene rings is 1. The Labute approximate surface area is 185 Å². The second-order valence-electron chi connectivity index (χ2n) is 7.82. The molecule has 1 atom stereocenters. The van der Waals surface area contributed by atoms with Gasteiger partial charge in [-0.1, -0.05) is 18.2 Å². The Bertz CT molecular complexity index is 1100. The standard InChI is InChI=1S/C24H25FN2O3S/c1-16(28)27-12-11-17(15-27)22-20-5-3-4-6-21(20)31-23(22)24(29)26(2)13-14-30-19-9-7-18(25)8-10-19/h3-10,17H,11-15H2,1-2H3/t17-/m1/s1. The van der Waals surface area contributed by atoms with Gasteiger partial charge in [0.15, 0.2) is 0 Å². The van der Waals surface area contributed by atoms with Crippen molar-refractivity contribution < 1.29 is 18.7 Å². The molecule has 5 nitrogen and oxygen atoms in total. The third kappa shape index (κ3) is 4.56. The fourth-order valence-electron chi connectivity index (χ4n) is 4.02. The number of benzene rings is 2. The summed E-state index contributed by atoms with van der Waals surface area (Å²) in [6.07, 6.45) is 0.859. The van der Waals surface area contributed by atoms with Gasteiger partial charge in [0.05, 0.1) is 11.4 Å². The molecule has 1 saturated heterocycles. The number of amides is 2. The SMILES string of the molecule is CC(=O)N1CC[C@@H](c2c(C(=O)N(C)CCOc3ccc(F)cc3)sc3ccccc23)C1. The first kappa shape index (κ1) is 21.3. The van der Waals surface area contributed by atoms with E-state index in [1.165, 1.54) is 23.5 Å². The van der Waals surface area contributed by atoms with Crippen LogP contribution in [-0.4, -0.2) is 54.9 Å². The molecule has 1 fully saturated rings. The minimum absolute atomic E-state index is 0.0415. The highest BCUT2D eigenvalue weighted by Crippen LogP contribution is 2.40. The smallest absolute Gasteiger partial charge is 0.264 e. The van der Waals surface area contributed by atoms with E-state index >= 15 is 0 Å². The monoisotopic (exact) mass is 440 g/mol. The van der Waals surface area contributed by atoms with Gasteiger partial charge in [-0.15, -0.1) is 11.3 Å². The van der Waals surface area contributed by atoms with Crippen molar-refractivity contribution in [3.63, 3.8) is 0 Å². The summed E-state index contributed by atoms with van der Waals surface area (Å²) < 4.78 is 19.8. The molecule has 2 amide bonds. The topological polar surface area (TPSA) is 49.9 Å². The first-order chi connectivity index (χ1) is 14.9. The Morgan fingerprint density at radius 1 is 1.19 bits per heavy atom. The van der Waals surface area contributed by atoms with Crippen molar-refractivity contribution >= 4 is 33.2 Å². The second-order valence-corrected chi connectivity index (χ2v) is 8.87. The highest BCUT2D eigenvalue weighted by atomic mass is 32.1. The van der Waals surface area contributed by atoms with E-state index in [1.54, 1.807) is 31.0 Å². The number of likely N-dealkylation sites (N-methyl/N-ethyl adjacent to an activating group) is 1. The molecule has 2 heterocycles. The van der Waals surface area contributed by atoms with Gasteiger partial charge in [-0.3, -0.25) is 9.59 Å². The number of carbonyl (C=O) groups is 2. The van der Waals surface area contributed by atoms with E-state index in [4.69, 9.17) is 4.74 Å². The number of ether oxygens (including phenoxy) is 1. The summed E-state index contributed by atoms with van der Waals surface area (Å²) in [7, 11) is 1.76. The largest absolute Gasteiger partial charge is 0.492 e. The van der Waals surface area contributed by atoms with Gasteiger partial charge in [0.2, 0.25) is 5.91 Å². The molecule has 0 N–H and O–H groups in total. The molecule has 0 unspecified atom stereocenters. The summed E-state index contributed by atoms with van der Waals surface area (Å²) in [5, 5.41) is 1.10. The first-order valence-electron chi connectivity index (χ1n) is 10.3. The van der Waals surface area contributed by atoms with Crippen molar-refractivity contribution in [1.82, 2.24) is 9.80 Å². The van der Waals surface area contributed by atoms with Crippen LogP contribution >= 0.6 is 11.3 Å². The van der Waals surface area contributed by atoms with Gasteiger partial charge >= 0.3 is 0 Å². The summed E-state index contributed by atoms with van der Waals surface area (Å²) in [6, 6.07) is 13.9. The van der Waals surface area contributed by atoms with Crippen LogP contribution in [0.5, 0.6) is 5.75 Å². The van der Waals surface area contributed by atoms with E-state index in [0.29, 0.717) is 25.4 Å². The van der Waals surface area contributed by atoms with Crippen LogP contribution in [0.25, 0.3) is 10.1 Å². The number of likely N-dealkylation sites (tertiary alicyclic amines) is 1. The van der Waals surface area contributed by atoms with Crippen LogP contribution in [0.2, 0.25) is 0 Å². The van der Waals surface area contributed by atoms with Gasteiger partial charge in [-0.2, -0.15) is 0 Å². The van der Waals surface area contributed by atoms with Gasteiger partial charge in [0.1, 0.15) is 18.2 Å². The summed E-state index contributed by atoms with van der Waals surface area (Å²) >= 11 is 1.51. The lowest BCUT2D eigenvalue weighted by molar-refractivity contribution is -0.127. The lowest BCUT2D eigenvalue weighted by Gasteiger charge is -2.19. The van der Waals surface area contributed by atoms with Crippen molar-refractivity contribution in [2.45, 2.75) is 19.3 Å². The molecule has 0 spiro atoms. The third-order valence-corrected chi connectivity index (χ3v) is 6.90. The molecule has 0 aliphatic carbocycles. The first-order valence-corrected chi connectivity index (χ1v) is 11.2. The molecular formula is C24H25FN2O3S. The second kappa shape index (κ2) is 9.06. The predicted octanol–water partition coefficient (Wildman–Crippen LogP) is 4.53. The van der Waals surface area contributed by atoms with Crippen LogP contribution in [0, 0.1) is 5.82 Å². The van der Waals surface area contributed by atoms with Crippen LogP contribution < -0.4 is 4.74 Å². The van der Waals surface area contributed by atoms with Gasteiger partial charge in [0.25, 0.3) is 5.91 Å². The van der Waals surface area contributed by atoms with E-state index in [2.05, 4.69) is 6.07 Å². The summed E-state index contributed by atoms with van der Waals surface area (Å²) in [5.41, 5.74) is 1.06. The molecule has 3 aromatic rings. The number of carbonyl (C=O) groups excluding carboxylic acids is 2. The van der Waals surface area contributed by atoms with Crippen LogP contribution in [0.15, 0.2) is 48.5 Å². The molecule has 162 valence electrons. The number of hydrogen-bond acceptors (Lipinski definition) is 4. The zero-order chi connectivity index (χ0) is 22.0. The van der Waals surface area contributed by atoms with Gasteiger partial charge in [-0.05, 0) is 47.7 Å². The van der Waals surface area contributed by atoms with E-state index in [1.807, 2.05) is 23.1 Å². The van der Waals surface area contributed by atoms with Gasteiger partial charge in [-0.25, -0.2) is 4.39 Å². The molecule has 0 bridgehead atoms. The fraction of sp³-hybridized carbons (Fsp3) is 0.333. The summed E-state index contributed by atoms with van der Waals surface area (Å²) in [6.45, 7) is 3.69. The van der Waals surface area contributed by atoms with E-state index < -0.39 is 0 Å². The average molecular weight is 441 g/mol. The highest BCUT2D eigenvalue weighted by molar-refractivity contribution is 7.21. The van der Waals surface area contributed by atoms with Crippen molar-refractivity contribution in [3.05, 3.63) is 64.8 Å². The Morgan fingerprint density at radius 2 is 1.94 bits per heavy atom. The maximum atomic E-state index is 13.3. The quantitative estimate of drug-likeness (QED) is 0.566. The number of hydrogen-bond donors (Lipinski definition) is 0. The molecule has 31 heavy (non-hydrogen) atoms. The lowest BCUT2D eigenvalue weighted by atomic mass is 9.95. The molecule has 1 aliphatic rings. The van der Waals surface area contributed by atoms with Gasteiger partial charge in [0, 0.05) is 37.7 Å². The Hall–Kier alpha value is -2.93. The minimum Gasteiger partial charge on any atom is -0.492 e. The average Bonchev–Trinajstić information content (AvgIpc) is 3.39. The van der Waals surface area contributed by atoms with Gasteiger partial charge < -0.3 is 14.5 Å². The molecule has 1 aliphatic heterocycles. The van der Waals surface area contributed by atoms with E-state index in [-0.39, 0.29) is 23.5 Å². The summed E-state index contributed by atoms with van der Waals surface area (Å²) in [4.78, 5) is 29.4. The number of rotatable bonds is 6. The van der Waals surface area contributed by atoms with Crippen molar-refractivity contribution in [1.29, 1.82) is 0 Å². The number of fused-ring (bicyclic) bond motifs is 1. The number of halogens is 1. The van der Waals surface area contributed by atoms with E-state index in [9.17, 15) is 14.0 Å². The molecular weight excluding hydrogens is 415 g/mol. The molecule has 0 radical (unpaired) electrons. The predicted molar refractivity (Wildman–Crippen MR) is 120 cm³/mol. The maximum Gasteiger partial charge on any atom is 0.264 e. The van der Waals surface area contributed by atoms with Crippen molar-refractivity contribution in [3.8, 4) is 5.75 Å². The van der Waals surface area contributed by atoms with Crippen LogP contribution in [0.4, 0.5) is 4.39 Å². The Balaban J connectivity index is 1.51. The lowest BCUT2D eigenvalue weighted by Crippen LogP contribution is -2.31. The Kier molecular flexibility index (Phi) is 6.23. The fourth-order valence-corrected chi connectivity index (χ4v) is 5.30. The van der Waals surface area contributed by atoms with Crippen molar-refractivity contribution in [2.24, 2.45) is 0 Å². The third-order valence-electron chi connectivity index (χ3n) is 5.73. The van der Waals surface area contributed by atoms with Crippen LogP contribution in [0.3, 0.4) is 0 Å². The van der Waals surface area contributed by atoms with Crippen LogP contribution in [0.1, 0.15) is 34.5 Å². The molecule has 4 rings (SSSR count). The van der Waals surface area contributed by atoms with E-state index in [0.717, 1.165) is 33.5 Å². The highest BCUT2D eigenvalue weighted by Gasteiger charge is 2.32. The Morgan fingerprint density at radius 3 is 2.65 bits per heavy atom. The van der Waals surface area contributed by atoms with Crippen molar-refractivity contribution in [2.75, 3.05) is 33.3 Å². The minimum atomic E-state index is -0.313. The van der Waals surface area contributed by atoms with Crippen LogP contribution in [-0.2, 0) is 4.79 Å². The normalized spacial score (nSPS) is 16.0. The zero-order valence-electron chi connectivity index (χ0n) is 17.6. The molecule has 1 aromatic heterocycles. The maximum absolute atomic E-state index is 13.3. The molecule has 2 aromatic carbocycles. The molecule has 0 saturated carbocycles. The zero-order valence-corrected chi connectivity index (χ0v) is 18.5. The summed E-state index contributed by atoms with van der Waals surface area (Å²) in [5.74, 6) is 0.445.